The van der Waals surface area contributed by atoms with Gasteiger partial charge in [-0.1, -0.05) is 33.8 Å². The van der Waals surface area contributed by atoms with Crippen LogP contribution in [0.2, 0.25) is 0 Å². The fourth-order valence-electron chi connectivity index (χ4n) is 2.08. The Balaban J connectivity index is 2.80. The molecule has 0 spiro atoms. The summed E-state index contributed by atoms with van der Waals surface area (Å²) in [5.41, 5.74) is 1.71. The lowest BCUT2D eigenvalue weighted by atomic mass is 10.1. The molecule has 1 aromatic rings. The zero-order valence-electron chi connectivity index (χ0n) is 12.8. The van der Waals surface area contributed by atoms with Crippen LogP contribution in [0.5, 0.6) is 0 Å². The number of nitrogens with one attached hydrogen (secondary N) is 1. The standard InChI is InChI=1S/C16H27FN2/c1-6-19(11-12(2)3)16-8-7-14(9-15(16)17)10-18-13(4)5/h7-9,12-13,18H,6,10-11H2,1-5H3. The fraction of sp³-hybridized carbons (Fsp3) is 0.625. The van der Waals surface area contributed by atoms with E-state index in [0.717, 1.165) is 18.7 Å². The molecule has 0 bridgehead atoms. The van der Waals surface area contributed by atoms with Gasteiger partial charge in [0.15, 0.2) is 0 Å². The summed E-state index contributed by atoms with van der Waals surface area (Å²) in [5.74, 6) is 0.409. The van der Waals surface area contributed by atoms with Crippen LogP contribution in [0, 0.1) is 11.7 Å². The summed E-state index contributed by atoms with van der Waals surface area (Å²) in [7, 11) is 0. The van der Waals surface area contributed by atoms with Crippen LogP contribution in [0.4, 0.5) is 10.1 Å². The van der Waals surface area contributed by atoms with E-state index in [1.54, 1.807) is 6.07 Å². The first-order chi connectivity index (χ1) is 8.93. The lowest BCUT2D eigenvalue weighted by Crippen LogP contribution is -2.28. The lowest BCUT2D eigenvalue weighted by Gasteiger charge is -2.26. The van der Waals surface area contributed by atoms with Crippen molar-refractivity contribution < 1.29 is 4.39 Å². The Hall–Kier alpha value is -1.09. The molecule has 1 N–H and O–H groups in total. The summed E-state index contributed by atoms with van der Waals surface area (Å²) in [4.78, 5) is 2.10. The average Bonchev–Trinajstić information content (AvgIpc) is 2.33. The number of hydrogen-bond donors (Lipinski definition) is 1. The summed E-state index contributed by atoms with van der Waals surface area (Å²) >= 11 is 0. The molecule has 3 heteroatoms. The van der Waals surface area contributed by atoms with Crippen LogP contribution in [0.1, 0.15) is 40.2 Å². The Morgan fingerprint density at radius 3 is 2.37 bits per heavy atom. The molecule has 0 fully saturated rings. The maximum absolute atomic E-state index is 14.2. The van der Waals surface area contributed by atoms with Crippen LogP contribution in [0.25, 0.3) is 0 Å². The second-order valence-corrected chi connectivity index (χ2v) is 5.75. The molecule has 0 aliphatic carbocycles. The van der Waals surface area contributed by atoms with E-state index < -0.39 is 0 Å². The van der Waals surface area contributed by atoms with Crippen molar-refractivity contribution in [3.63, 3.8) is 0 Å². The second kappa shape index (κ2) is 7.49. The number of nitrogens with zero attached hydrogens (tertiary/aromatic N) is 1. The minimum absolute atomic E-state index is 0.120. The summed E-state index contributed by atoms with van der Waals surface area (Å²) in [6.07, 6.45) is 0. The van der Waals surface area contributed by atoms with Crippen molar-refractivity contribution in [3.05, 3.63) is 29.6 Å². The highest BCUT2D eigenvalue weighted by Crippen LogP contribution is 2.21. The van der Waals surface area contributed by atoms with Crippen LogP contribution in [-0.4, -0.2) is 19.1 Å². The molecule has 0 amide bonds. The van der Waals surface area contributed by atoms with Crippen LogP contribution in [0.3, 0.4) is 0 Å². The van der Waals surface area contributed by atoms with E-state index in [1.165, 1.54) is 0 Å². The van der Waals surface area contributed by atoms with Gasteiger partial charge in [-0.25, -0.2) is 4.39 Å². The first kappa shape index (κ1) is 16.0. The maximum atomic E-state index is 14.2. The van der Waals surface area contributed by atoms with Crippen LogP contribution >= 0.6 is 0 Å². The quantitative estimate of drug-likeness (QED) is 0.807. The van der Waals surface area contributed by atoms with Gasteiger partial charge in [0.1, 0.15) is 5.82 Å². The van der Waals surface area contributed by atoms with E-state index >= 15 is 0 Å². The largest absolute Gasteiger partial charge is 0.369 e. The molecule has 1 aromatic carbocycles. The van der Waals surface area contributed by atoms with Crippen molar-refractivity contribution in [1.82, 2.24) is 5.32 Å². The second-order valence-electron chi connectivity index (χ2n) is 5.75. The molecule has 108 valence electrons. The Morgan fingerprint density at radius 2 is 1.89 bits per heavy atom. The monoisotopic (exact) mass is 266 g/mol. The molecule has 0 radical (unpaired) electrons. The maximum Gasteiger partial charge on any atom is 0.146 e. The molecule has 0 saturated heterocycles. The normalized spacial score (nSPS) is 11.4. The predicted molar refractivity (Wildman–Crippen MR) is 81.1 cm³/mol. The van der Waals surface area contributed by atoms with Gasteiger partial charge in [0.05, 0.1) is 5.69 Å². The van der Waals surface area contributed by atoms with Gasteiger partial charge in [0, 0.05) is 25.7 Å². The summed E-state index contributed by atoms with van der Waals surface area (Å²) in [5, 5.41) is 3.30. The van der Waals surface area contributed by atoms with Gasteiger partial charge >= 0.3 is 0 Å². The summed E-state index contributed by atoms with van der Waals surface area (Å²) < 4.78 is 14.2. The predicted octanol–water partition coefficient (Wildman–Crippen LogP) is 3.81. The van der Waals surface area contributed by atoms with E-state index in [9.17, 15) is 4.39 Å². The number of benzene rings is 1. The minimum Gasteiger partial charge on any atom is -0.369 e. The molecule has 0 unspecified atom stereocenters. The van der Waals surface area contributed by atoms with Crippen molar-refractivity contribution in [3.8, 4) is 0 Å². The van der Waals surface area contributed by atoms with Crippen LogP contribution in [0.15, 0.2) is 18.2 Å². The van der Waals surface area contributed by atoms with Crippen LogP contribution < -0.4 is 10.2 Å². The van der Waals surface area contributed by atoms with Crippen molar-refractivity contribution in [2.75, 3.05) is 18.0 Å². The molecule has 2 nitrogen and oxygen atoms in total. The molecule has 19 heavy (non-hydrogen) atoms. The minimum atomic E-state index is -0.120. The van der Waals surface area contributed by atoms with E-state index in [-0.39, 0.29) is 5.82 Å². The highest BCUT2D eigenvalue weighted by molar-refractivity contribution is 5.49. The van der Waals surface area contributed by atoms with Gasteiger partial charge < -0.3 is 10.2 Å². The van der Waals surface area contributed by atoms with Crippen LogP contribution in [-0.2, 0) is 6.54 Å². The van der Waals surface area contributed by atoms with Crippen molar-refractivity contribution in [2.24, 2.45) is 5.92 Å². The Bertz CT molecular complexity index is 388. The third-order valence-electron chi connectivity index (χ3n) is 3.03. The van der Waals surface area contributed by atoms with E-state index in [0.29, 0.717) is 24.2 Å². The van der Waals surface area contributed by atoms with Crippen molar-refractivity contribution >= 4 is 5.69 Å². The van der Waals surface area contributed by atoms with E-state index in [4.69, 9.17) is 0 Å². The van der Waals surface area contributed by atoms with Gasteiger partial charge in [-0.2, -0.15) is 0 Å². The number of hydrogen-bond acceptors (Lipinski definition) is 2. The molecule has 0 aromatic heterocycles. The van der Waals surface area contributed by atoms with Gasteiger partial charge in [-0.15, -0.1) is 0 Å². The molecule has 0 aliphatic heterocycles. The Morgan fingerprint density at radius 1 is 1.21 bits per heavy atom. The third kappa shape index (κ3) is 5.19. The highest BCUT2D eigenvalue weighted by Gasteiger charge is 2.12. The van der Waals surface area contributed by atoms with Gasteiger partial charge in [0.25, 0.3) is 0 Å². The third-order valence-corrected chi connectivity index (χ3v) is 3.03. The number of rotatable bonds is 7. The van der Waals surface area contributed by atoms with E-state index in [1.807, 2.05) is 12.1 Å². The van der Waals surface area contributed by atoms with Crippen molar-refractivity contribution in [1.29, 1.82) is 0 Å². The average molecular weight is 266 g/mol. The molecular weight excluding hydrogens is 239 g/mol. The molecule has 0 heterocycles. The molecule has 0 aliphatic rings. The number of anilines is 1. The summed E-state index contributed by atoms with van der Waals surface area (Å²) in [6.45, 7) is 13.0. The summed E-state index contributed by atoms with van der Waals surface area (Å²) in [6, 6.07) is 5.97. The van der Waals surface area contributed by atoms with E-state index in [2.05, 4.69) is 44.8 Å². The SMILES string of the molecule is CCN(CC(C)C)c1ccc(CNC(C)C)cc1F. The Labute approximate surface area is 117 Å². The first-order valence-corrected chi connectivity index (χ1v) is 7.20. The van der Waals surface area contributed by atoms with Crippen molar-refractivity contribution in [2.45, 2.75) is 47.2 Å². The first-order valence-electron chi connectivity index (χ1n) is 7.20. The molecule has 0 atom stereocenters. The number of halogens is 1. The van der Waals surface area contributed by atoms with Gasteiger partial charge in [0.2, 0.25) is 0 Å². The molecule has 0 saturated carbocycles. The zero-order chi connectivity index (χ0) is 14.4. The van der Waals surface area contributed by atoms with Gasteiger partial charge in [-0.3, -0.25) is 0 Å². The Kier molecular flexibility index (Phi) is 6.29. The van der Waals surface area contributed by atoms with Gasteiger partial charge in [-0.05, 0) is 30.5 Å². The molecule has 1 rings (SSSR count). The molecular formula is C16H27FN2. The smallest absolute Gasteiger partial charge is 0.146 e. The zero-order valence-corrected chi connectivity index (χ0v) is 12.8. The topological polar surface area (TPSA) is 15.3 Å². The fourth-order valence-corrected chi connectivity index (χ4v) is 2.08. The highest BCUT2D eigenvalue weighted by atomic mass is 19.1. The lowest BCUT2D eigenvalue weighted by molar-refractivity contribution is 0.573.